The first kappa shape index (κ1) is 20.4. The molecule has 0 spiro atoms. The van der Waals surface area contributed by atoms with Gasteiger partial charge in [0.25, 0.3) is 0 Å². The van der Waals surface area contributed by atoms with Crippen LogP contribution in [0.5, 0.6) is 0 Å². The summed E-state index contributed by atoms with van der Waals surface area (Å²) < 4.78 is 25.9. The maximum absolute atomic E-state index is 12.5. The Hall–Kier alpha value is -1.88. The molecule has 0 bridgehead atoms. The zero-order chi connectivity index (χ0) is 20.6. The molecule has 1 amide bonds. The molecule has 3 atom stereocenters. The van der Waals surface area contributed by atoms with Crippen LogP contribution in [0.3, 0.4) is 0 Å². The molecule has 3 aliphatic rings. The summed E-state index contributed by atoms with van der Waals surface area (Å²) in [4.78, 5) is 14.2. The fourth-order valence-electron chi connectivity index (χ4n) is 4.91. The molecule has 0 unspecified atom stereocenters. The molecular weight excluding hydrogens is 388 g/mol. The predicted molar refractivity (Wildman–Crippen MR) is 111 cm³/mol. The number of piperazine rings is 1. The minimum absolute atomic E-state index is 0.0184. The lowest BCUT2D eigenvalue weighted by Gasteiger charge is -2.58. The third-order valence-electron chi connectivity index (χ3n) is 6.55. The Bertz CT molecular complexity index is 926. The molecule has 2 heterocycles. The maximum atomic E-state index is 12.5. The molecule has 29 heavy (non-hydrogen) atoms. The first-order valence-corrected chi connectivity index (χ1v) is 12.1. The Balaban J connectivity index is 1.53. The molecule has 3 fully saturated rings. The van der Waals surface area contributed by atoms with Crippen LogP contribution in [0.25, 0.3) is 0 Å². The molecule has 156 valence electrons. The molecule has 1 aromatic rings. The lowest BCUT2D eigenvalue weighted by atomic mass is 9.74. The number of fused-ring (bicyclic) bond motifs is 1. The fourth-order valence-corrected chi connectivity index (χ4v) is 5.96. The smallest absolute Gasteiger partial charge is 0.238 e. The third-order valence-corrected chi connectivity index (χ3v) is 8.35. The molecule has 6 nitrogen and oxygen atoms in total. The van der Waals surface area contributed by atoms with E-state index in [0.717, 1.165) is 11.1 Å². The van der Waals surface area contributed by atoms with Crippen molar-refractivity contribution < 1.29 is 18.3 Å². The van der Waals surface area contributed by atoms with Crippen LogP contribution in [0.4, 0.5) is 0 Å². The van der Waals surface area contributed by atoms with Gasteiger partial charge in [-0.15, -0.1) is 0 Å². The Morgan fingerprint density at radius 1 is 1.17 bits per heavy atom. The summed E-state index contributed by atoms with van der Waals surface area (Å²) >= 11 is 0. The van der Waals surface area contributed by atoms with E-state index in [0.29, 0.717) is 5.92 Å². The lowest BCUT2D eigenvalue weighted by molar-refractivity contribution is -0.158. The normalized spacial score (nSPS) is 27.9. The van der Waals surface area contributed by atoms with Crippen molar-refractivity contribution >= 4 is 15.9 Å². The summed E-state index contributed by atoms with van der Waals surface area (Å²) in [5.41, 5.74) is 1.98. The molecule has 2 saturated heterocycles. The Labute approximate surface area is 172 Å². The van der Waals surface area contributed by atoms with E-state index in [2.05, 4.69) is 11.8 Å². The average Bonchev–Trinajstić information content (AvgIpc) is 3.22. The number of hydrogen-bond donors (Lipinski definition) is 1. The largest absolute Gasteiger partial charge is 0.394 e. The van der Waals surface area contributed by atoms with Gasteiger partial charge in [-0.25, -0.2) is 8.42 Å². The molecular formula is C22H28N2O4S. The number of carbonyl (C=O) groups excluding carboxylic acids is 1. The van der Waals surface area contributed by atoms with E-state index in [1.807, 2.05) is 24.3 Å². The van der Waals surface area contributed by atoms with E-state index in [-0.39, 0.29) is 49.4 Å². The van der Waals surface area contributed by atoms with Crippen molar-refractivity contribution in [1.29, 1.82) is 0 Å². The number of aliphatic hydroxyl groups is 1. The second-order valence-electron chi connectivity index (χ2n) is 8.21. The minimum Gasteiger partial charge on any atom is -0.394 e. The zero-order valence-electron chi connectivity index (χ0n) is 16.8. The van der Waals surface area contributed by atoms with Crippen LogP contribution in [-0.2, 0) is 14.8 Å². The van der Waals surface area contributed by atoms with E-state index in [1.165, 1.54) is 30.0 Å². The number of carbonyl (C=O) groups is 1. The monoisotopic (exact) mass is 416 g/mol. The molecule has 4 rings (SSSR count). The number of aliphatic hydroxyl groups excluding tert-OH is 1. The van der Waals surface area contributed by atoms with Gasteiger partial charge in [-0.3, -0.25) is 4.79 Å². The van der Waals surface area contributed by atoms with Gasteiger partial charge >= 0.3 is 0 Å². The number of amides is 1. The first-order valence-electron chi connectivity index (χ1n) is 10.5. The van der Waals surface area contributed by atoms with Crippen LogP contribution >= 0.6 is 0 Å². The molecule has 1 N–H and O–H groups in total. The van der Waals surface area contributed by atoms with Gasteiger partial charge in [0, 0.05) is 23.9 Å². The predicted octanol–water partition coefficient (Wildman–Crippen LogP) is 1.55. The summed E-state index contributed by atoms with van der Waals surface area (Å²) in [5.74, 6) is 6.81. The van der Waals surface area contributed by atoms with Gasteiger partial charge in [0.15, 0.2) is 0 Å². The van der Waals surface area contributed by atoms with Crippen LogP contribution in [0.2, 0.25) is 0 Å². The highest BCUT2D eigenvalue weighted by Crippen LogP contribution is 2.43. The number of hydrogen-bond acceptors (Lipinski definition) is 4. The van der Waals surface area contributed by atoms with Crippen molar-refractivity contribution in [3.63, 3.8) is 0 Å². The van der Waals surface area contributed by atoms with Crippen molar-refractivity contribution in [3.05, 3.63) is 35.4 Å². The quantitative estimate of drug-likeness (QED) is 0.756. The highest BCUT2D eigenvalue weighted by Gasteiger charge is 2.55. The highest BCUT2D eigenvalue weighted by molar-refractivity contribution is 7.89. The van der Waals surface area contributed by atoms with Gasteiger partial charge in [-0.2, -0.15) is 4.31 Å². The van der Waals surface area contributed by atoms with Gasteiger partial charge in [0.05, 0.1) is 31.0 Å². The van der Waals surface area contributed by atoms with Crippen molar-refractivity contribution in [3.8, 4) is 11.8 Å². The molecule has 1 saturated carbocycles. The highest BCUT2D eigenvalue weighted by atomic mass is 32.2. The number of sulfonamides is 1. The molecule has 7 heteroatoms. The topological polar surface area (TPSA) is 77.9 Å². The van der Waals surface area contributed by atoms with Crippen LogP contribution in [-0.4, -0.2) is 66.2 Å². The van der Waals surface area contributed by atoms with E-state index in [1.54, 1.807) is 11.8 Å². The van der Waals surface area contributed by atoms with Crippen molar-refractivity contribution in [2.45, 2.75) is 50.6 Å². The van der Waals surface area contributed by atoms with E-state index in [9.17, 15) is 18.3 Å². The summed E-state index contributed by atoms with van der Waals surface area (Å²) in [5, 5.41) is 9.86. The van der Waals surface area contributed by atoms with Gasteiger partial charge in [-0.05, 0) is 37.5 Å². The SMILES string of the molecule is CCS(=O)(=O)N1CC(=O)N2[C@H](CO)[C@@H](c3ccc(C#CC4CCCC4)cc3)[C@@H]2C1. The Morgan fingerprint density at radius 3 is 2.48 bits per heavy atom. The van der Waals surface area contributed by atoms with Crippen LogP contribution in [0.1, 0.15) is 49.7 Å². The number of benzene rings is 1. The lowest BCUT2D eigenvalue weighted by Crippen LogP contribution is -2.73. The van der Waals surface area contributed by atoms with Gasteiger partial charge in [0.1, 0.15) is 0 Å². The summed E-state index contributed by atoms with van der Waals surface area (Å²) in [7, 11) is -3.42. The van der Waals surface area contributed by atoms with Gasteiger partial charge < -0.3 is 10.0 Å². The van der Waals surface area contributed by atoms with E-state index >= 15 is 0 Å². The second kappa shape index (κ2) is 8.10. The minimum atomic E-state index is -3.42. The molecule has 2 aliphatic heterocycles. The molecule has 0 radical (unpaired) electrons. The van der Waals surface area contributed by atoms with Crippen LogP contribution < -0.4 is 0 Å². The summed E-state index contributed by atoms with van der Waals surface area (Å²) in [6.07, 6.45) is 4.91. The summed E-state index contributed by atoms with van der Waals surface area (Å²) in [6.45, 7) is 1.61. The van der Waals surface area contributed by atoms with E-state index < -0.39 is 10.0 Å². The standard InChI is InChI=1S/C22H28N2O4S/c1-2-29(27,28)23-13-19-22(20(15-25)24(19)21(26)14-23)18-11-9-17(10-12-18)8-7-16-5-3-4-6-16/h9-12,16,19-20,22,25H,2-6,13-15H2,1H3/t19-,20+,22-/m0/s1. The molecule has 1 aliphatic carbocycles. The van der Waals surface area contributed by atoms with Gasteiger partial charge in [0.2, 0.25) is 15.9 Å². The third kappa shape index (κ3) is 3.81. The van der Waals surface area contributed by atoms with Gasteiger partial charge in [-0.1, -0.05) is 36.8 Å². The van der Waals surface area contributed by atoms with Crippen molar-refractivity contribution in [2.24, 2.45) is 5.92 Å². The number of nitrogens with zero attached hydrogens (tertiary/aromatic N) is 2. The van der Waals surface area contributed by atoms with Crippen LogP contribution in [0.15, 0.2) is 24.3 Å². The second-order valence-corrected chi connectivity index (χ2v) is 10.5. The average molecular weight is 417 g/mol. The van der Waals surface area contributed by atoms with Crippen molar-refractivity contribution in [1.82, 2.24) is 9.21 Å². The first-order chi connectivity index (χ1) is 13.9. The number of rotatable bonds is 4. The Kier molecular flexibility index (Phi) is 5.69. The van der Waals surface area contributed by atoms with E-state index in [4.69, 9.17) is 0 Å². The Morgan fingerprint density at radius 2 is 1.86 bits per heavy atom. The van der Waals surface area contributed by atoms with Crippen molar-refractivity contribution in [2.75, 3.05) is 25.4 Å². The molecule has 1 aromatic carbocycles. The fraction of sp³-hybridized carbons (Fsp3) is 0.591. The molecule has 0 aromatic heterocycles. The maximum Gasteiger partial charge on any atom is 0.238 e. The summed E-state index contributed by atoms with van der Waals surface area (Å²) in [6, 6.07) is 7.45. The zero-order valence-corrected chi connectivity index (χ0v) is 17.6. The van der Waals surface area contributed by atoms with Crippen LogP contribution in [0, 0.1) is 17.8 Å².